The molecule has 0 saturated carbocycles. The van der Waals surface area contributed by atoms with Crippen LogP contribution in [0.1, 0.15) is 0 Å². The lowest BCUT2D eigenvalue weighted by atomic mass is 10.0. The first-order valence-corrected chi connectivity index (χ1v) is 7.41. The van der Waals surface area contributed by atoms with E-state index in [1.54, 1.807) is 12.1 Å². The van der Waals surface area contributed by atoms with Gasteiger partial charge in [0.05, 0.1) is 0 Å². The van der Waals surface area contributed by atoms with Gasteiger partial charge in [0, 0.05) is 23.3 Å². The molecule has 8 heteroatoms. The topological polar surface area (TPSA) is 12.4 Å². The maximum atomic E-state index is 14.2. The number of rotatable bonds is 3. The molecule has 0 aliphatic carbocycles. The van der Waals surface area contributed by atoms with Gasteiger partial charge in [0.2, 0.25) is 5.16 Å². The van der Waals surface area contributed by atoms with Gasteiger partial charge in [-0.3, -0.25) is 0 Å². The number of benzene rings is 2. The third-order valence-electron chi connectivity index (χ3n) is 3.80. The Morgan fingerprint density at radius 1 is 1.00 bits per heavy atom. The van der Waals surface area contributed by atoms with Crippen LogP contribution < -0.4 is 4.59 Å². The first-order valence-electron chi connectivity index (χ1n) is 7.03. The van der Waals surface area contributed by atoms with Crippen LogP contribution in [0.3, 0.4) is 0 Å². The molecule has 129 valence electrons. The van der Waals surface area contributed by atoms with E-state index in [1.807, 2.05) is 0 Å². The molecule has 2 aromatic rings. The minimum Gasteiger partial charge on any atom is -0.206 e. The molecule has 0 spiro atoms. The molecule has 2 aromatic carbocycles. The van der Waals surface area contributed by atoms with E-state index >= 15 is 0 Å². The lowest BCUT2D eigenvalue weighted by Gasteiger charge is -2.25. The maximum Gasteiger partial charge on any atom is 0.286 e. The first kappa shape index (κ1) is 17.6. The van der Waals surface area contributed by atoms with E-state index in [0.717, 1.165) is 0 Å². The fourth-order valence-electron chi connectivity index (χ4n) is 2.57. The average Bonchev–Trinajstić information content (AvgIpc) is 2.88. The van der Waals surface area contributed by atoms with E-state index in [0.29, 0.717) is 12.1 Å². The molecule has 0 fully saturated rings. The van der Waals surface area contributed by atoms with Crippen LogP contribution in [0.2, 0.25) is 0 Å². The summed E-state index contributed by atoms with van der Waals surface area (Å²) in [5.74, 6) is -3.57. The van der Waals surface area contributed by atoms with Gasteiger partial charge in [-0.05, 0) is 23.7 Å². The van der Waals surface area contributed by atoms with Gasteiger partial charge in [-0.25, -0.2) is 22.0 Å². The SMILES string of the molecule is C[N+]1(c2ccccc2-c2cc(F)c(F)cc2F)N=C(C(F)F)[C]=C1Cl. The fraction of sp³-hybridized carbons (Fsp3) is 0.118. The molecule has 0 N–H and O–H groups in total. The Hall–Kier alpha value is -2.25. The normalized spacial score (nSPS) is 20.0. The van der Waals surface area contributed by atoms with Crippen molar-refractivity contribution in [1.29, 1.82) is 0 Å². The summed E-state index contributed by atoms with van der Waals surface area (Å²) in [6.45, 7) is 0. The van der Waals surface area contributed by atoms with Gasteiger partial charge in [-0.1, -0.05) is 17.2 Å². The standard InChI is InChI=1S/C17H10ClF5N2/c1-25(16(18)8-14(24-25)17(22)23)15-5-3-2-4-9(15)10-6-12(20)13(21)7-11(10)19/h2-7,17H,1H3/q+1. The van der Waals surface area contributed by atoms with Gasteiger partial charge >= 0.3 is 0 Å². The van der Waals surface area contributed by atoms with E-state index in [-0.39, 0.29) is 22.0 Å². The molecule has 1 heterocycles. The Kier molecular flexibility index (Phi) is 4.38. The zero-order chi connectivity index (χ0) is 18.4. The van der Waals surface area contributed by atoms with Gasteiger partial charge in [0.15, 0.2) is 23.0 Å². The van der Waals surface area contributed by atoms with Crippen molar-refractivity contribution in [2.45, 2.75) is 6.43 Å². The smallest absolute Gasteiger partial charge is 0.206 e. The largest absolute Gasteiger partial charge is 0.286 e. The third-order valence-corrected chi connectivity index (χ3v) is 4.22. The lowest BCUT2D eigenvalue weighted by Crippen LogP contribution is -2.35. The van der Waals surface area contributed by atoms with Crippen molar-refractivity contribution in [1.82, 2.24) is 4.59 Å². The van der Waals surface area contributed by atoms with Gasteiger partial charge in [0.1, 0.15) is 18.9 Å². The number of para-hydroxylation sites is 1. The Bertz CT molecular complexity index is 910. The summed E-state index contributed by atoms with van der Waals surface area (Å²) in [5, 5.41) is 3.70. The molecule has 0 amide bonds. The lowest BCUT2D eigenvalue weighted by molar-refractivity contribution is 0.225. The molecule has 0 saturated heterocycles. The molecule has 2 nitrogen and oxygen atoms in total. The monoisotopic (exact) mass is 372 g/mol. The quantitative estimate of drug-likeness (QED) is 0.303. The van der Waals surface area contributed by atoms with Gasteiger partial charge in [-0.2, -0.15) is 0 Å². The number of hydrogen-bond acceptors (Lipinski definition) is 1. The van der Waals surface area contributed by atoms with Crippen LogP contribution >= 0.6 is 11.6 Å². The van der Waals surface area contributed by atoms with Crippen LogP contribution in [-0.4, -0.2) is 19.2 Å². The summed E-state index contributed by atoms with van der Waals surface area (Å²) in [6, 6.07) is 7.15. The first-order chi connectivity index (χ1) is 11.7. The highest BCUT2D eigenvalue weighted by molar-refractivity contribution is 6.32. The number of hydrogen-bond donors (Lipinski definition) is 0. The minimum absolute atomic E-state index is 0.139. The summed E-state index contributed by atoms with van der Waals surface area (Å²) in [6.07, 6.45) is -0.605. The molecule has 0 aromatic heterocycles. The highest BCUT2D eigenvalue weighted by Crippen LogP contribution is 2.41. The van der Waals surface area contributed by atoms with Gasteiger partial charge in [-0.15, -0.1) is 4.59 Å². The van der Waals surface area contributed by atoms with Crippen molar-refractivity contribution >= 4 is 23.0 Å². The Morgan fingerprint density at radius 3 is 2.28 bits per heavy atom. The molecule has 3 rings (SSSR count). The van der Waals surface area contributed by atoms with E-state index in [9.17, 15) is 22.0 Å². The summed E-state index contributed by atoms with van der Waals surface area (Å²) >= 11 is 6.05. The van der Waals surface area contributed by atoms with E-state index in [1.165, 1.54) is 19.2 Å². The third kappa shape index (κ3) is 2.94. The van der Waals surface area contributed by atoms with Crippen LogP contribution in [0.5, 0.6) is 0 Å². The predicted molar refractivity (Wildman–Crippen MR) is 85.5 cm³/mol. The van der Waals surface area contributed by atoms with Crippen LogP contribution in [-0.2, 0) is 0 Å². The van der Waals surface area contributed by atoms with Crippen molar-refractivity contribution in [2.24, 2.45) is 5.10 Å². The van der Waals surface area contributed by atoms with Crippen molar-refractivity contribution in [2.75, 3.05) is 7.05 Å². The van der Waals surface area contributed by atoms with Crippen molar-refractivity contribution in [3.8, 4) is 11.1 Å². The molecule has 0 bridgehead atoms. The highest BCUT2D eigenvalue weighted by atomic mass is 35.5. The van der Waals surface area contributed by atoms with Crippen LogP contribution in [0.25, 0.3) is 11.1 Å². The number of nitrogens with zero attached hydrogens (tertiary/aromatic N) is 2. The molecule has 1 aliphatic heterocycles. The van der Waals surface area contributed by atoms with Gasteiger partial charge in [0.25, 0.3) is 6.43 Å². The van der Waals surface area contributed by atoms with E-state index < -0.39 is 34.2 Å². The molecule has 1 atom stereocenters. The van der Waals surface area contributed by atoms with E-state index in [2.05, 4.69) is 11.2 Å². The summed E-state index contributed by atoms with van der Waals surface area (Å²) in [5.41, 5.74) is -0.534. The Labute approximate surface area is 145 Å². The summed E-state index contributed by atoms with van der Waals surface area (Å²) in [7, 11) is 1.40. The Balaban J connectivity index is 2.22. The van der Waals surface area contributed by atoms with E-state index in [4.69, 9.17) is 11.6 Å². The fourth-order valence-corrected chi connectivity index (χ4v) is 2.79. The van der Waals surface area contributed by atoms with Crippen molar-refractivity contribution < 1.29 is 22.0 Å². The summed E-state index contributed by atoms with van der Waals surface area (Å²) in [4.78, 5) is 0. The van der Waals surface area contributed by atoms with Crippen LogP contribution in [0, 0.1) is 23.5 Å². The molecule has 1 aliphatic rings. The van der Waals surface area contributed by atoms with Crippen LogP contribution in [0.4, 0.5) is 27.6 Å². The van der Waals surface area contributed by atoms with Gasteiger partial charge < -0.3 is 0 Å². The predicted octanol–water partition coefficient (Wildman–Crippen LogP) is 5.23. The summed E-state index contributed by atoms with van der Waals surface area (Å²) < 4.78 is 66.2. The average molecular weight is 373 g/mol. The number of halogens is 6. The number of alkyl halides is 2. The Morgan fingerprint density at radius 2 is 1.64 bits per heavy atom. The zero-order valence-electron chi connectivity index (χ0n) is 12.7. The zero-order valence-corrected chi connectivity index (χ0v) is 13.5. The molecular weight excluding hydrogens is 363 g/mol. The van der Waals surface area contributed by atoms with Crippen molar-refractivity contribution in [3.05, 3.63) is 65.1 Å². The van der Waals surface area contributed by atoms with Crippen molar-refractivity contribution in [3.63, 3.8) is 0 Å². The molecular formula is C17H10ClF5N2+. The van der Waals surface area contributed by atoms with Crippen LogP contribution in [0.15, 0.2) is 46.7 Å². The minimum atomic E-state index is -2.89. The number of allylic oxidation sites excluding steroid dienone is 1. The second-order valence-electron chi connectivity index (χ2n) is 5.42. The second kappa shape index (κ2) is 6.24. The number of quaternary nitrogens is 1. The second-order valence-corrected chi connectivity index (χ2v) is 5.78. The molecule has 1 unspecified atom stereocenters. The highest BCUT2D eigenvalue weighted by Gasteiger charge is 2.41. The molecule has 25 heavy (non-hydrogen) atoms. The molecule has 1 radical (unpaired) electrons. The maximum absolute atomic E-state index is 14.2.